The number of hydrogen-bond donors (Lipinski definition) is 2. The van der Waals surface area contributed by atoms with Gasteiger partial charge in [0.25, 0.3) is 0 Å². The molecule has 0 spiro atoms. The molecule has 0 aromatic heterocycles. The molecule has 0 atom stereocenters. The van der Waals surface area contributed by atoms with Crippen LogP contribution in [0.15, 0.2) is 72.8 Å². The van der Waals surface area contributed by atoms with Crippen LogP contribution in [0.1, 0.15) is 47.6 Å². The molecule has 0 radical (unpaired) electrons. The summed E-state index contributed by atoms with van der Waals surface area (Å²) >= 11 is 0. The van der Waals surface area contributed by atoms with Gasteiger partial charge in [0.15, 0.2) is 0 Å². The summed E-state index contributed by atoms with van der Waals surface area (Å²) in [6, 6.07) is 24.2. The van der Waals surface area contributed by atoms with Crippen molar-refractivity contribution >= 4 is 0 Å². The zero-order valence-corrected chi connectivity index (χ0v) is 16.4. The molecule has 2 heteroatoms. The minimum Gasteiger partial charge on any atom is -0.508 e. The van der Waals surface area contributed by atoms with Crippen molar-refractivity contribution in [2.45, 2.75) is 39.3 Å². The maximum absolute atomic E-state index is 9.31. The Bertz CT molecular complexity index is 913. The van der Waals surface area contributed by atoms with Gasteiger partial charge in [-0.1, -0.05) is 61.6 Å². The number of unbranched alkanes of at least 4 members (excludes halogenated alkanes) is 1. The predicted octanol–water partition coefficient (Wildman–Crippen LogP) is 5.42. The molecule has 0 unspecified atom stereocenters. The third-order valence-corrected chi connectivity index (χ3v) is 4.67. The Kier molecular flexibility index (Phi) is 7.29. The number of aromatic hydroxyl groups is 1. The van der Waals surface area contributed by atoms with Crippen LogP contribution in [0.3, 0.4) is 0 Å². The molecule has 28 heavy (non-hydrogen) atoms. The first-order valence-corrected chi connectivity index (χ1v) is 9.91. The van der Waals surface area contributed by atoms with Gasteiger partial charge in [0, 0.05) is 24.2 Å². The maximum atomic E-state index is 9.31. The Hall–Kier alpha value is -3.02. The molecule has 2 nitrogen and oxygen atoms in total. The van der Waals surface area contributed by atoms with Gasteiger partial charge in [-0.25, -0.2) is 0 Å². The molecule has 0 saturated heterocycles. The van der Waals surface area contributed by atoms with E-state index in [2.05, 4.69) is 72.6 Å². The van der Waals surface area contributed by atoms with E-state index in [1.165, 1.54) is 24.0 Å². The molecule has 0 saturated carbocycles. The zero-order chi connectivity index (χ0) is 19.6. The molecular formula is C26H27NO. The number of benzene rings is 3. The second-order valence-corrected chi connectivity index (χ2v) is 7.02. The average Bonchev–Trinajstić information content (AvgIpc) is 2.74. The summed E-state index contributed by atoms with van der Waals surface area (Å²) < 4.78 is 0. The van der Waals surface area contributed by atoms with E-state index in [1.54, 1.807) is 12.1 Å². The first-order chi connectivity index (χ1) is 13.7. The van der Waals surface area contributed by atoms with Crippen LogP contribution in [0.4, 0.5) is 0 Å². The van der Waals surface area contributed by atoms with Crippen molar-refractivity contribution in [3.05, 3.63) is 101 Å². The van der Waals surface area contributed by atoms with Crippen LogP contribution in [0.25, 0.3) is 0 Å². The molecule has 2 N–H and O–H groups in total. The molecular weight excluding hydrogens is 342 g/mol. The van der Waals surface area contributed by atoms with Gasteiger partial charge in [-0.05, 0) is 65.9 Å². The molecule has 3 aromatic carbocycles. The van der Waals surface area contributed by atoms with Crippen LogP contribution in [0, 0.1) is 11.8 Å². The average molecular weight is 370 g/mol. The van der Waals surface area contributed by atoms with Crippen molar-refractivity contribution in [1.82, 2.24) is 5.32 Å². The molecule has 0 heterocycles. The van der Waals surface area contributed by atoms with Crippen LogP contribution in [-0.4, -0.2) is 5.11 Å². The van der Waals surface area contributed by atoms with Crippen LogP contribution in [0.2, 0.25) is 0 Å². The Labute approximate surface area is 168 Å². The normalized spacial score (nSPS) is 10.3. The van der Waals surface area contributed by atoms with Gasteiger partial charge < -0.3 is 10.4 Å². The van der Waals surface area contributed by atoms with Gasteiger partial charge in [0.05, 0.1) is 0 Å². The third-order valence-electron chi connectivity index (χ3n) is 4.67. The molecule has 142 valence electrons. The van der Waals surface area contributed by atoms with E-state index in [0.29, 0.717) is 5.75 Å². The SMILES string of the molecule is CCCCc1ccc(C#Cc2ccc(CNCc3ccc(O)cc3)cc2)cc1. The van der Waals surface area contributed by atoms with E-state index in [0.717, 1.165) is 36.2 Å². The number of rotatable bonds is 7. The van der Waals surface area contributed by atoms with Crippen molar-refractivity contribution in [3.8, 4) is 17.6 Å². The highest BCUT2D eigenvalue weighted by atomic mass is 16.3. The smallest absolute Gasteiger partial charge is 0.115 e. The number of hydrogen-bond acceptors (Lipinski definition) is 2. The molecule has 3 rings (SSSR count). The van der Waals surface area contributed by atoms with Crippen LogP contribution in [0.5, 0.6) is 5.75 Å². The summed E-state index contributed by atoms with van der Waals surface area (Å²) in [5, 5.41) is 12.7. The largest absolute Gasteiger partial charge is 0.508 e. The van der Waals surface area contributed by atoms with Crippen LogP contribution in [-0.2, 0) is 19.5 Å². The van der Waals surface area contributed by atoms with E-state index in [1.807, 2.05) is 12.1 Å². The molecule has 3 aromatic rings. The van der Waals surface area contributed by atoms with Gasteiger partial charge in [-0.2, -0.15) is 0 Å². The van der Waals surface area contributed by atoms with Crippen LogP contribution >= 0.6 is 0 Å². The Morgan fingerprint density at radius 1 is 0.679 bits per heavy atom. The molecule has 0 aliphatic rings. The topological polar surface area (TPSA) is 32.3 Å². The van der Waals surface area contributed by atoms with E-state index in [-0.39, 0.29) is 0 Å². The van der Waals surface area contributed by atoms with E-state index >= 15 is 0 Å². The van der Waals surface area contributed by atoms with Crippen molar-refractivity contribution in [2.24, 2.45) is 0 Å². The number of aryl methyl sites for hydroxylation is 1. The standard InChI is InChI=1S/C26H27NO/c1-2-3-4-21-5-7-22(8-6-21)9-10-23-11-13-24(14-12-23)19-27-20-25-15-17-26(28)18-16-25/h5-8,11-18,27-28H,2-4,19-20H2,1H3. The minimum atomic E-state index is 0.299. The summed E-state index contributed by atoms with van der Waals surface area (Å²) in [7, 11) is 0. The highest BCUT2D eigenvalue weighted by Crippen LogP contribution is 2.10. The fraction of sp³-hybridized carbons (Fsp3) is 0.231. The Morgan fingerprint density at radius 2 is 1.14 bits per heavy atom. The molecule has 0 fully saturated rings. The lowest BCUT2D eigenvalue weighted by Crippen LogP contribution is -2.12. The van der Waals surface area contributed by atoms with Gasteiger partial charge in [0.1, 0.15) is 5.75 Å². The van der Waals surface area contributed by atoms with E-state index < -0.39 is 0 Å². The Morgan fingerprint density at radius 3 is 1.64 bits per heavy atom. The Balaban J connectivity index is 1.50. The molecule has 0 bridgehead atoms. The molecule has 0 aliphatic heterocycles. The van der Waals surface area contributed by atoms with Gasteiger partial charge >= 0.3 is 0 Å². The quantitative estimate of drug-likeness (QED) is 0.545. The summed E-state index contributed by atoms with van der Waals surface area (Å²) in [4.78, 5) is 0. The van der Waals surface area contributed by atoms with Crippen molar-refractivity contribution in [2.75, 3.05) is 0 Å². The first kappa shape index (κ1) is 19.7. The second kappa shape index (κ2) is 10.3. The molecule has 0 aliphatic carbocycles. The second-order valence-electron chi connectivity index (χ2n) is 7.02. The first-order valence-electron chi connectivity index (χ1n) is 9.91. The summed E-state index contributed by atoms with van der Waals surface area (Å²) in [5.41, 5.74) is 5.85. The fourth-order valence-corrected chi connectivity index (χ4v) is 2.95. The lowest BCUT2D eigenvalue weighted by Gasteiger charge is -2.05. The minimum absolute atomic E-state index is 0.299. The van der Waals surface area contributed by atoms with Crippen molar-refractivity contribution in [3.63, 3.8) is 0 Å². The van der Waals surface area contributed by atoms with Crippen LogP contribution < -0.4 is 5.32 Å². The number of phenols is 1. The van der Waals surface area contributed by atoms with Gasteiger partial charge in [-0.15, -0.1) is 0 Å². The van der Waals surface area contributed by atoms with E-state index in [9.17, 15) is 5.11 Å². The fourth-order valence-electron chi connectivity index (χ4n) is 2.95. The molecule has 0 amide bonds. The van der Waals surface area contributed by atoms with Gasteiger partial charge in [0.2, 0.25) is 0 Å². The highest BCUT2D eigenvalue weighted by Gasteiger charge is 1.96. The highest BCUT2D eigenvalue weighted by molar-refractivity contribution is 5.44. The number of nitrogens with one attached hydrogen (secondary N) is 1. The van der Waals surface area contributed by atoms with E-state index in [4.69, 9.17) is 0 Å². The van der Waals surface area contributed by atoms with Crippen molar-refractivity contribution in [1.29, 1.82) is 0 Å². The monoisotopic (exact) mass is 369 g/mol. The predicted molar refractivity (Wildman–Crippen MR) is 116 cm³/mol. The summed E-state index contributed by atoms with van der Waals surface area (Å²) in [5.74, 6) is 6.79. The lowest BCUT2D eigenvalue weighted by molar-refractivity contribution is 0.475. The zero-order valence-electron chi connectivity index (χ0n) is 16.4. The summed E-state index contributed by atoms with van der Waals surface area (Å²) in [6.07, 6.45) is 3.61. The lowest BCUT2D eigenvalue weighted by atomic mass is 10.1. The third kappa shape index (κ3) is 6.30. The maximum Gasteiger partial charge on any atom is 0.115 e. The van der Waals surface area contributed by atoms with Crippen molar-refractivity contribution < 1.29 is 5.11 Å². The summed E-state index contributed by atoms with van der Waals surface area (Å²) in [6.45, 7) is 3.79. The van der Waals surface area contributed by atoms with Gasteiger partial charge in [-0.3, -0.25) is 0 Å². The number of phenolic OH excluding ortho intramolecular Hbond substituents is 1.